The van der Waals surface area contributed by atoms with E-state index in [9.17, 15) is 14.4 Å². The number of nitrogens with zero attached hydrogens (tertiary/aromatic N) is 1. The zero-order valence-corrected chi connectivity index (χ0v) is 20.4. The van der Waals surface area contributed by atoms with Gasteiger partial charge in [0.15, 0.2) is 6.17 Å². The monoisotopic (exact) mass is 489 g/mol. The molecule has 3 N–H and O–H groups in total. The van der Waals surface area contributed by atoms with Crippen LogP contribution in [0.25, 0.3) is 0 Å². The van der Waals surface area contributed by atoms with Crippen LogP contribution in [-0.4, -0.2) is 61.3 Å². The molecule has 0 radical (unpaired) electrons. The van der Waals surface area contributed by atoms with Crippen LogP contribution in [0.3, 0.4) is 0 Å². The van der Waals surface area contributed by atoms with E-state index < -0.39 is 12.1 Å². The molecule has 10 heteroatoms. The largest absolute Gasteiger partial charge is 0.497 e. The van der Waals surface area contributed by atoms with Crippen molar-refractivity contribution >= 4 is 40.9 Å². The number of nitrogens with one attached hydrogen (secondary N) is 2. The van der Waals surface area contributed by atoms with Crippen LogP contribution in [0.4, 0.5) is 11.4 Å². The molecule has 184 valence electrons. The minimum absolute atomic E-state index is 0.0430. The fraction of sp³-hybridized carbons (Fsp3) is 0.375. The van der Waals surface area contributed by atoms with E-state index in [1.165, 1.54) is 11.8 Å². The molecule has 0 saturated heterocycles. The standard InChI is InChI=1S/C24H31N3O6S/c1-4-27(18-9-13-19(32-2)14-10-18)24(31)23(26-21(28)16-34-3)25-17-7-11-20(12-8-17)33-15-5-6-22(29)30/h7-14,23,25H,4-6,15-16H2,1-3H3,(H,26,28)(H,29,30). The molecule has 0 aliphatic carbocycles. The molecule has 0 spiro atoms. The van der Waals surface area contributed by atoms with Gasteiger partial charge in [-0.25, -0.2) is 0 Å². The first kappa shape index (κ1) is 26.8. The van der Waals surface area contributed by atoms with E-state index in [0.717, 1.165) is 0 Å². The van der Waals surface area contributed by atoms with E-state index in [0.29, 0.717) is 35.8 Å². The van der Waals surface area contributed by atoms with Crippen LogP contribution in [0.15, 0.2) is 48.5 Å². The smallest absolute Gasteiger partial charge is 0.303 e. The van der Waals surface area contributed by atoms with Gasteiger partial charge in [-0.2, -0.15) is 11.8 Å². The lowest BCUT2D eigenvalue weighted by atomic mass is 10.2. The van der Waals surface area contributed by atoms with Crippen LogP contribution in [0.5, 0.6) is 11.5 Å². The second-order valence-corrected chi connectivity index (χ2v) is 8.09. The third-order valence-corrected chi connectivity index (χ3v) is 5.31. The van der Waals surface area contributed by atoms with E-state index >= 15 is 0 Å². The highest BCUT2D eigenvalue weighted by molar-refractivity contribution is 7.99. The summed E-state index contributed by atoms with van der Waals surface area (Å²) in [6.45, 7) is 2.56. The number of aliphatic carboxylic acids is 1. The maximum atomic E-state index is 13.4. The van der Waals surface area contributed by atoms with Crippen LogP contribution < -0.4 is 25.0 Å². The van der Waals surface area contributed by atoms with E-state index in [2.05, 4.69) is 10.6 Å². The summed E-state index contributed by atoms with van der Waals surface area (Å²) in [7, 11) is 1.57. The number of carbonyl (C=O) groups is 3. The molecule has 34 heavy (non-hydrogen) atoms. The SMILES string of the molecule is CCN(C(=O)C(NC(=O)CSC)Nc1ccc(OCCCC(=O)O)cc1)c1ccc(OC)cc1. The first-order chi connectivity index (χ1) is 16.4. The van der Waals surface area contributed by atoms with Gasteiger partial charge < -0.3 is 30.1 Å². The number of anilines is 2. The molecule has 0 bridgehead atoms. The predicted molar refractivity (Wildman–Crippen MR) is 134 cm³/mol. The Bertz CT molecular complexity index is 937. The van der Waals surface area contributed by atoms with E-state index in [-0.39, 0.29) is 30.6 Å². The number of carboxylic acids is 1. The van der Waals surface area contributed by atoms with Crippen molar-refractivity contribution in [3.8, 4) is 11.5 Å². The average Bonchev–Trinajstić information content (AvgIpc) is 2.83. The number of likely N-dealkylation sites (N-methyl/N-ethyl adjacent to an activating group) is 1. The molecule has 2 aromatic rings. The highest BCUT2D eigenvalue weighted by Gasteiger charge is 2.26. The minimum Gasteiger partial charge on any atom is -0.497 e. The van der Waals surface area contributed by atoms with Gasteiger partial charge in [-0.15, -0.1) is 0 Å². The zero-order valence-electron chi connectivity index (χ0n) is 19.6. The van der Waals surface area contributed by atoms with Crippen molar-refractivity contribution in [3.63, 3.8) is 0 Å². The molecule has 0 heterocycles. The Kier molecular flexibility index (Phi) is 11.0. The molecule has 2 amide bonds. The van der Waals surface area contributed by atoms with Gasteiger partial charge in [-0.1, -0.05) is 0 Å². The highest BCUT2D eigenvalue weighted by Crippen LogP contribution is 2.21. The maximum Gasteiger partial charge on any atom is 0.303 e. The molecule has 1 unspecified atom stereocenters. The van der Waals surface area contributed by atoms with Gasteiger partial charge in [0.05, 0.1) is 19.5 Å². The summed E-state index contributed by atoms with van der Waals surface area (Å²) in [4.78, 5) is 37.9. The number of methoxy groups -OCH3 is 1. The molecular weight excluding hydrogens is 458 g/mol. The zero-order chi connectivity index (χ0) is 24.9. The molecule has 0 aliphatic rings. The molecule has 0 aliphatic heterocycles. The number of benzene rings is 2. The van der Waals surface area contributed by atoms with Crippen molar-refractivity contribution in [1.82, 2.24) is 5.32 Å². The molecular formula is C24H31N3O6S. The van der Waals surface area contributed by atoms with Crippen molar-refractivity contribution in [2.45, 2.75) is 25.9 Å². The predicted octanol–water partition coefficient (Wildman–Crippen LogP) is 3.21. The topological polar surface area (TPSA) is 117 Å². The van der Waals surface area contributed by atoms with Crippen molar-refractivity contribution in [2.24, 2.45) is 0 Å². The van der Waals surface area contributed by atoms with Crippen LogP contribution >= 0.6 is 11.8 Å². The first-order valence-electron chi connectivity index (χ1n) is 10.8. The summed E-state index contributed by atoms with van der Waals surface area (Å²) in [6, 6.07) is 14.0. The van der Waals surface area contributed by atoms with Crippen molar-refractivity contribution in [2.75, 3.05) is 42.5 Å². The number of carboxylic acid groups (broad SMARTS) is 1. The number of ether oxygens (including phenoxy) is 2. The van der Waals surface area contributed by atoms with E-state index in [1.807, 2.05) is 13.2 Å². The molecule has 1 atom stereocenters. The van der Waals surface area contributed by atoms with Crippen LogP contribution in [0, 0.1) is 0 Å². The first-order valence-corrected chi connectivity index (χ1v) is 12.2. The van der Waals surface area contributed by atoms with Gasteiger partial charge in [0.2, 0.25) is 5.91 Å². The molecule has 9 nitrogen and oxygen atoms in total. The number of hydrogen-bond donors (Lipinski definition) is 3. The Labute approximate surface area is 203 Å². The average molecular weight is 490 g/mol. The maximum absolute atomic E-state index is 13.4. The Morgan fingerprint density at radius 2 is 1.71 bits per heavy atom. The lowest BCUT2D eigenvalue weighted by Crippen LogP contribution is -2.53. The Morgan fingerprint density at radius 3 is 2.26 bits per heavy atom. The third kappa shape index (κ3) is 8.51. The second-order valence-electron chi connectivity index (χ2n) is 7.23. The summed E-state index contributed by atoms with van der Waals surface area (Å²) in [5.74, 6) is 0.0550. The second kappa shape index (κ2) is 14.0. The number of carbonyl (C=O) groups excluding carboxylic acids is 2. The fourth-order valence-corrected chi connectivity index (χ4v) is 3.45. The van der Waals surface area contributed by atoms with E-state index in [1.54, 1.807) is 60.5 Å². The number of hydrogen-bond acceptors (Lipinski definition) is 7. The summed E-state index contributed by atoms with van der Waals surface area (Å²) in [5, 5.41) is 14.6. The Morgan fingerprint density at radius 1 is 1.06 bits per heavy atom. The Balaban J connectivity index is 2.13. The molecule has 2 rings (SSSR count). The Hall–Kier alpha value is -3.40. The van der Waals surface area contributed by atoms with Gasteiger partial charge >= 0.3 is 5.97 Å². The third-order valence-electron chi connectivity index (χ3n) is 4.76. The molecule has 0 saturated carbocycles. The molecule has 2 aromatic carbocycles. The number of amides is 2. The van der Waals surface area contributed by atoms with Crippen molar-refractivity contribution in [3.05, 3.63) is 48.5 Å². The molecule has 0 fully saturated rings. The van der Waals surface area contributed by atoms with Gasteiger partial charge in [-0.05, 0) is 68.1 Å². The summed E-state index contributed by atoms with van der Waals surface area (Å²) < 4.78 is 10.7. The van der Waals surface area contributed by atoms with Crippen molar-refractivity contribution in [1.29, 1.82) is 0 Å². The lowest BCUT2D eigenvalue weighted by molar-refractivity contribution is -0.137. The van der Waals surface area contributed by atoms with Gasteiger partial charge in [-0.3, -0.25) is 14.4 Å². The van der Waals surface area contributed by atoms with Crippen molar-refractivity contribution < 1.29 is 29.0 Å². The normalized spacial score (nSPS) is 11.3. The van der Waals surface area contributed by atoms with Crippen LogP contribution in [-0.2, 0) is 14.4 Å². The summed E-state index contributed by atoms with van der Waals surface area (Å²) >= 11 is 1.37. The van der Waals surface area contributed by atoms with Gasteiger partial charge in [0.25, 0.3) is 5.91 Å². The van der Waals surface area contributed by atoms with Crippen LogP contribution in [0.1, 0.15) is 19.8 Å². The quantitative estimate of drug-likeness (QED) is 0.274. The van der Waals surface area contributed by atoms with Gasteiger partial charge in [0.1, 0.15) is 11.5 Å². The summed E-state index contributed by atoms with van der Waals surface area (Å²) in [6.07, 6.45) is 1.28. The highest BCUT2D eigenvalue weighted by atomic mass is 32.2. The summed E-state index contributed by atoms with van der Waals surface area (Å²) in [5.41, 5.74) is 1.30. The minimum atomic E-state index is -0.982. The lowest BCUT2D eigenvalue weighted by Gasteiger charge is -2.28. The van der Waals surface area contributed by atoms with Crippen LogP contribution in [0.2, 0.25) is 0 Å². The number of thioether (sulfide) groups is 1. The molecule has 0 aromatic heterocycles. The fourth-order valence-electron chi connectivity index (χ4n) is 3.10. The van der Waals surface area contributed by atoms with Gasteiger partial charge in [0, 0.05) is 24.3 Å². The number of rotatable bonds is 14. The van der Waals surface area contributed by atoms with E-state index in [4.69, 9.17) is 14.6 Å².